The van der Waals surface area contributed by atoms with Gasteiger partial charge in [0.1, 0.15) is 5.75 Å². The first-order valence-electron chi connectivity index (χ1n) is 6.00. The third-order valence-electron chi connectivity index (χ3n) is 2.41. The molecule has 2 N–H and O–H groups in total. The summed E-state index contributed by atoms with van der Waals surface area (Å²) >= 11 is 3.30. The van der Waals surface area contributed by atoms with Crippen molar-refractivity contribution in [1.29, 1.82) is 0 Å². The fraction of sp³-hybridized carbons (Fsp3) is 0.385. The van der Waals surface area contributed by atoms with Crippen LogP contribution in [0.3, 0.4) is 0 Å². The maximum atomic E-state index is 11.5. The lowest BCUT2D eigenvalue weighted by Crippen LogP contribution is -2.44. The molecule has 0 aliphatic heterocycles. The van der Waals surface area contributed by atoms with Gasteiger partial charge in [-0.2, -0.15) is 0 Å². The van der Waals surface area contributed by atoms with Crippen LogP contribution in [0.5, 0.6) is 5.75 Å². The summed E-state index contributed by atoms with van der Waals surface area (Å²) in [7, 11) is 0. The van der Waals surface area contributed by atoms with Gasteiger partial charge in [0.2, 0.25) is 0 Å². The molecule has 6 heteroatoms. The zero-order valence-corrected chi connectivity index (χ0v) is 12.5. The first kappa shape index (κ1) is 15.5. The number of carbonyl (C=O) groups is 2. The highest BCUT2D eigenvalue weighted by molar-refractivity contribution is 9.10. The number of nitrogens with one attached hydrogen (secondary N) is 2. The molecule has 5 nitrogen and oxygen atoms in total. The Labute approximate surface area is 120 Å². The van der Waals surface area contributed by atoms with Crippen LogP contribution in [0.2, 0.25) is 0 Å². The predicted octanol–water partition coefficient (Wildman–Crippen LogP) is 2.45. The van der Waals surface area contributed by atoms with Crippen LogP contribution in [0.1, 0.15) is 20.3 Å². The summed E-state index contributed by atoms with van der Waals surface area (Å²) in [6.07, 6.45) is 0.802. The molecule has 1 atom stereocenters. The molecule has 3 amide bonds. The smallest absolute Gasteiger partial charge is 0.321 e. The number of hydrogen-bond acceptors (Lipinski definition) is 3. The highest BCUT2D eigenvalue weighted by atomic mass is 79.9. The van der Waals surface area contributed by atoms with Gasteiger partial charge in [0.15, 0.2) is 6.61 Å². The highest BCUT2D eigenvalue weighted by Crippen LogP contribution is 2.17. The van der Waals surface area contributed by atoms with Crippen molar-refractivity contribution in [3.63, 3.8) is 0 Å². The zero-order chi connectivity index (χ0) is 14.3. The quantitative estimate of drug-likeness (QED) is 0.872. The van der Waals surface area contributed by atoms with E-state index in [2.05, 4.69) is 26.6 Å². The summed E-state index contributed by atoms with van der Waals surface area (Å²) in [6.45, 7) is 3.61. The number of benzene rings is 1. The molecule has 0 saturated carbocycles. The number of carbonyl (C=O) groups excluding carboxylic acids is 2. The van der Waals surface area contributed by atoms with Crippen molar-refractivity contribution in [1.82, 2.24) is 10.6 Å². The van der Waals surface area contributed by atoms with Gasteiger partial charge in [0, 0.05) is 10.5 Å². The molecule has 0 unspecified atom stereocenters. The van der Waals surface area contributed by atoms with Crippen LogP contribution < -0.4 is 15.4 Å². The minimum atomic E-state index is -0.503. The van der Waals surface area contributed by atoms with Gasteiger partial charge >= 0.3 is 6.03 Å². The maximum Gasteiger partial charge on any atom is 0.321 e. The van der Waals surface area contributed by atoms with Crippen molar-refractivity contribution in [3.8, 4) is 5.75 Å². The lowest BCUT2D eigenvalue weighted by Gasteiger charge is -2.12. The van der Waals surface area contributed by atoms with Crippen molar-refractivity contribution in [2.24, 2.45) is 0 Å². The second kappa shape index (κ2) is 7.78. The average molecular weight is 329 g/mol. The molecule has 0 spiro atoms. The minimum Gasteiger partial charge on any atom is -0.484 e. The molecule has 1 aromatic carbocycles. The van der Waals surface area contributed by atoms with E-state index in [0.29, 0.717) is 5.75 Å². The molecule has 0 aromatic heterocycles. The first-order chi connectivity index (χ1) is 9.01. The minimum absolute atomic E-state index is 0.0267. The van der Waals surface area contributed by atoms with Crippen molar-refractivity contribution < 1.29 is 14.3 Å². The number of imide groups is 1. The van der Waals surface area contributed by atoms with Gasteiger partial charge in [0.05, 0.1) is 0 Å². The van der Waals surface area contributed by atoms with Gasteiger partial charge in [-0.15, -0.1) is 0 Å². The van der Waals surface area contributed by atoms with E-state index in [1.807, 2.05) is 19.9 Å². The van der Waals surface area contributed by atoms with Crippen molar-refractivity contribution >= 4 is 27.9 Å². The van der Waals surface area contributed by atoms with Crippen molar-refractivity contribution in [2.45, 2.75) is 26.3 Å². The van der Waals surface area contributed by atoms with Crippen LogP contribution in [0.4, 0.5) is 4.79 Å². The van der Waals surface area contributed by atoms with Gasteiger partial charge in [-0.3, -0.25) is 10.1 Å². The summed E-state index contributed by atoms with van der Waals surface area (Å²) in [6, 6.07) is 6.65. The lowest BCUT2D eigenvalue weighted by atomic mass is 10.3. The predicted molar refractivity (Wildman–Crippen MR) is 76.1 cm³/mol. The van der Waals surface area contributed by atoms with E-state index in [9.17, 15) is 9.59 Å². The van der Waals surface area contributed by atoms with Gasteiger partial charge in [-0.25, -0.2) is 4.79 Å². The van der Waals surface area contributed by atoms with E-state index in [0.717, 1.165) is 10.9 Å². The Balaban J connectivity index is 2.34. The van der Waals surface area contributed by atoms with Gasteiger partial charge in [-0.1, -0.05) is 28.9 Å². The summed E-state index contributed by atoms with van der Waals surface area (Å²) in [4.78, 5) is 22.9. The Morgan fingerprint density at radius 2 is 2.16 bits per heavy atom. The lowest BCUT2D eigenvalue weighted by molar-refractivity contribution is -0.122. The van der Waals surface area contributed by atoms with Crippen molar-refractivity contribution in [2.75, 3.05) is 6.61 Å². The number of urea groups is 1. The molecule has 0 aliphatic carbocycles. The molecule has 0 radical (unpaired) electrons. The largest absolute Gasteiger partial charge is 0.484 e. The number of hydrogen-bond donors (Lipinski definition) is 2. The van der Waals surface area contributed by atoms with E-state index in [-0.39, 0.29) is 12.6 Å². The Morgan fingerprint density at radius 3 is 2.79 bits per heavy atom. The van der Waals surface area contributed by atoms with E-state index in [1.54, 1.807) is 18.2 Å². The van der Waals surface area contributed by atoms with E-state index in [4.69, 9.17) is 4.74 Å². The normalized spacial score (nSPS) is 11.5. The molecular formula is C13H17BrN2O3. The third-order valence-corrected chi connectivity index (χ3v) is 2.90. The van der Waals surface area contributed by atoms with E-state index in [1.165, 1.54) is 0 Å². The maximum absolute atomic E-state index is 11.5. The summed E-state index contributed by atoms with van der Waals surface area (Å²) < 4.78 is 6.12. The molecule has 0 heterocycles. The van der Waals surface area contributed by atoms with E-state index >= 15 is 0 Å². The SMILES string of the molecule is CC[C@@H](C)NC(=O)NC(=O)COc1cccc(Br)c1. The van der Waals surface area contributed by atoms with Crippen molar-refractivity contribution in [3.05, 3.63) is 28.7 Å². The average Bonchev–Trinajstić information content (AvgIpc) is 2.36. The molecule has 1 rings (SSSR count). The Hall–Kier alpha value is -1.56. The Morgan fingerprint density at radius 1 is 1.42 bits per heavy atom. The standard InChI is InChI=1S/C13H17BrN2O3/c1-3-9(2)15-13(18)16-12(17)8-19-11-6-4-5-10(14)7-11/h4-7,9H,3,8H2,1-2H3,(H2,15,16,17,18)/t9-/m1/s1. The van der Waals surface area contributed by atoms with E-state index < -0.39 is 11.9 Å². The second-order valence-electron chi connectivity index (χ2n) is 4.08. The fourth-order valence-electron chi connectivity index (χ4n) is 1.23. The molecule has 0 saturated heterocycles. The third kappa shape index (κ3) is 6.24. The van der Waals surface area contributed by atoms with Crippen LogP contribution in [0.25, 0.3) is 0 Å². The van der Waals surface area contributed by atoms with Crippen LogP contribution in [-0.4, -0.2) is 24.6 Å². The molecule has 0 aliphatic rings. The number of rotatable bonds is 5. The highest BCUT2D eigenvalue weighted by Gasteiger charge is 2.10. The first-order valence-corrected chi connectivity index (χ1v) is 6.79. The van der Waals surface area contributed by atoms with Crippen LogP contribution in [0.15, 0.2) is 28.7 Å². The topological polar surface area (TPSA) is 67.4 Å². The molecule has 0 bridgehead atoms. The molecule has 1 aromatic rings. The Kier molecular flexibility index (Phi) is 6.35. The van der Waals surface area contributed by atoms with Crippen LogP contribution in [0, 0.1) is 0 Å². The number of ether oxygens (including phenoxy) is 1. The number of amides is 3. The molecule has 19 heavy (non-hydrogen) atoms. The summed E-state index contributed by atoms with van der Waals surface area (Å²) in [5, 5.41) is 4.84. The summed E-state index contributed by atoms with van der Waals surface area (Å²) in [5.41, 5.74) is 0. The Bertz CT molecular complexity index is 451. The van der Waals surface area contributed by atoms with Gasteiger partial charge in [-0.05, 0) is 31.5 Å². The van der Waals surface area contributed by atoms with Crippen LogP contribution in [-0.2, 0) is 4.79 Å². The van der Waals surface area contributed by atoms with Gasteiger partial charge < -0.3 is 10.1 Å². The molecular weight excluding hydrogens is 312 g/mol. The number of halogens is 1. The fourth-order valence-corrected chi connectivity index (χ4v) is 1.61. The molecule has 0 fully saturated rings. The second-order valence-corrected chi connectivity index (χ2v) is 4.99. The monoisotopic (exact) mass is 328 g/mol. The van der Waals surface area contributed by atoms with Crippen LogP contribution >= 0.6 is 15.9 Å². The van der Waals surface area contributed by atoms with Gasteiger partial charge in [0.25, 0.3) is 5.91 Å². The summed E-state index contributed by atoms with van der Waals surface area (Å²) in [5.74, 6) is 0.0765. The molecule has 104 valence electrons. The zero-order valence-electron chi connectivity index (χ0n) is 10.9.